The molecule has 0 atom stereocenters. The van der Waals surface area contributed by atoms with E-state index in [0.29, 0.717) is 17.0 Å². The van der Waals surface area contributed by atoms with Crippen LogP contribution in [0, 0.1) is 6.92 Å². The van der Waals surface area contributed by atoms with Crippen molar-refractivity contribution >= 4 is 50.0 Å². The van der Waals surface area contributed by atoms with Gasteiger partial charge < -0.3 is 4.74 Å². The van der Waals surface area contributed by atoms with E-state index in [1.165, 1.54) is 0 Å². The Hall–Kier alpha value is -3.15. The number of aromatic nitrogens is 2. The number of thiazole rings is 1. The number of halogens is 1. The maximum atomic E-state index is 13.4. The molecule has 0 saturated carbocycles. The summed E-state index contributed by atoms with van der Waals surface area (Å²) in [6.07, 6.45) is 0.649. The summed E-state index contributed by atoms with van der Waals surface area (Å²) >= 11 is 7.70. The highest BCUT2D eigenvalue weighted by molar-refractivity contribution is 7.18. The average Bonchev–Trinajstić information content (AvgIpc) is 3.32. The number of nitrogens with zero attached hydrogens (tertiary/aromatic N) is 2. The lowest BCUT2D eigenvalue weighted by molar-refractivity contribution is 0.0963. The lowest BCUT2D eigenvalue weighted by Gasteiger charge is -2.08. The number of carbonyl (C=O) groups excluding carboxylic acids is 1. The van der Waals surface area contributed by atoms with Crippen LogP contribution in [0.2, 0.25) is 5.02 Å². The third kappa shape index (κ3) is 3.50. The molecule has 154 valence electrons. The number of carbonyl (C=O) groups is 1. The van der Waals surface area contributed by atoms with Crippen molar-refractivity contribution in [3.63, 3.8) is 0 Å². The van der Waals surface area contributed by atoms with Gasteiger partial charge in [0, 0.05) is 28.1 Å². The molecule has 0 aliphatic carbocycles. The number of ether oxygens (including phenoxy) is 1. The maximum absolute atomic E-state index is 13.4. The van der Waals surface area contributed by atoms with Crippen molar-refractivity contribution in [3.05, 3.63) is 93.6 Å². The standard InChI is InChI=1S/C25H19ClN2O2S/c1-15-19(14-24-27-21-5-3-4-6-23(21)31-24)20-13-18(30-2)11-12-22(20)28(15)25(29)16-7-9-17(26)10-8-16/h3-13H,14H2,1-2H3. The first-order chi connectivity index (χ1) is 15.0. The van der Waals surface area contributed by atoms with Crippen LogP contribution in [-0.2, 0) is 6.42 Å². The Morgan fingerprint density at radius 1 is 1.10 bits per heavy atom. The molecule has 0 aliphatic rings. The molecule has 0 aliphatic heterocycles. The lowest BCUT2D eigenvalue weighted by atomic mass is 10.1. The van der Waals surface area contributed by atoms with E-state index in [1.54, 1.807) is 47.3 Å². The molecular formula is C25H19ClN2O2S. The van der Waals surface area contributed by atoms with Crippen LogP contribution < -0.4 is 4.74 Å². The first-order valence-corrected chi connectivity index (χ1v) is 11.1. The third-order valence-corrected chi connectivity index (χ3v) is 6.79. The molecule has 2 aromatic heterocycles. The van der Waals surface area contributed by atoms with Crippen molar-refractivity contribution in [1.29, 1.82) is 0 Å². The molecule has 2 heterocycles. The minimum absolute atomic E-state index is 0.0834. The highest BCUT2D eigenvalue weighted by atomic mass is 35.5. The van der Waals surface area contributed by atoms with Gasteiger partial charge in [-0.15, -0.1) is 11.3 Å². The maximum Gasteiger partial charge on any atom is 0.262 e. The van der Waals surface area contributed by atoms with Gasteiger partial charge in [-0.05, 0) is 67.1 Å². The molecule has 0 radical (unpaired) electrons. The molecule has 0 fully saturated rings. The van der Waals surface area contributed by atoms with E-state index in [1.807, 2.05) is 43.3 Å². The molecule has 4 nitrogen and oxygen atoms in total. The van der Waals surface area contributed by atoms with Gasteiger partial charge in [-0.3, -0.25) is 9.36 Å². The Kier molecular flexibility index (Phi) is 5.00. The normalized spacial score (nSPS) is 11.3. The Labute approximate surface area is 188 Å². The topological polar surface area (TPSA) is 44.1 Å². The molecule has 5 aromatic rings. The van der Waals surface area contributed by atoms with Gasteiger partial charge in [-0.1, -0.05) is 23.7 Å². The van der Waals surface area contributed by atoms with E-state index >= 15 is 0 Å². The Bertz CT molecular complexity index is 1400. The van der Waals surface area contributed by atoms with E-state index < -0.39 is 0 Å². The third-order valence-electron chi connectivity index (χ3n) is 5.50. The Morgan fingerprint density at radius 3 is 2.61 bits per heavy atom. The number of hydrogen-bond donors (Lipinski definition) is 0. The van der Waals surface area contributed by atoms with Crippen LogP contribution in [-0.4, -0.2) is 22.6 Å². The van der Waals surface area contributed by atoms with Crippen molar-refractivity contribution in [1.82, 2.24) is 9.55 Å². The van der Waals surface area contributed by atoms with Crippen molar-refractivity contribution in [3.8, 4) is 5.75 Å². The summed E-state index contributed by atoms with van der Waals surface area (Å²) in [6.45, 7) is 1.99. The van der Waals surface area contributed by atoms with Gasteiger partial charge in [0.25, 0.3) is 5.91 Å². The molecule has 0 unspecified atom stereocenters. The summed E-state index contributed by atoms with van der Waals surface area (Å²) < 4.78 is 8.40. The number of rotatable bonds is 4. The largest absolute Gasteiger partial charge is 0.497 e. The van der Waals surface area contributed by atoms with Gasteiger partial charge >= 0.3 is 0 Å². The monoisotopic (exact) mass is 446 g/mol. The van der Waals surface area contributed by atoms with Crippen LogP contribution >= 0.6 is 22.9 Å². The highest BCUT2D eigenvalue weighted by Gasteiger charge is 2.21. The number of methoxy groups -OCH3 is 1. The van der Waals surface area contributed by atoms with Crippen LogP contribution in [0.4, 0.5) is 0 Å². The van der Waals surface area contributed by atoms with Gasteiger partial charge in [0.15, 0.2) is 0 Å². The van der Waals surface area contributed by atoms with E-state index in [0.717, 1.165) is 43.1 Å². The second kappa shape index (κ2) is 7.84. The van der Waals surface area contributed by atoms with Crippen LogP contribution in [0.25, 0.3) is 21.1 Å². The fourth-order valence-corrected chi connectivity index (χ4v) is 5.05. The molecule has 0 spiro atoms. The van der Waals surface area contributed by atoms with E-state index in [2.05, 4.69) is 6.07 Å². The fourth-order valence-electron chi connectivity index (χ4n) is 3.94. The average molecular weight is 447 g/mol. The minimum Gasteiger partial charge on any atom is -0.497 e. The summed E-state index contributed by atoms with van der Waals surface area (Å²) in [5, 5.41) is 2.62. The van der Waals surface area contributed by atoms with Gasteiger partial charge in [0.1, 0.15) is 5.75 Å². The summed E-state index contributed by atoms with van der Waals surface area (Å²) in [6, 6.07) is 20.9. The van der Waals surface area contributed by atoms with Crippen LogP contribution in [0.3, 0.4) is 0 Å². The lowest BCUT2D eigenvalue weighted by Crippen LogP contribution is -2.13. The van der Waals surface area contributed by atoms with E-state index in [9.17, 15) is 4.79 Å². The smallest absolute Gasteiger partial charge is 0.262 e. The zero-order valence-electron chi connectivity index (χ0n) is 17.1. The van der Waals surface area contributed by atoms with Crippen LogP contribution in [0.5, 0.6) is 5.75 Å². The van der Waals surface area contributed by atoms with Gasteiger partial charge in [-0.25, -0.2) is 4.98 Å². The molecule has 0 bridgehead atoms. The van der Waals surface area contributed by atoms with Crippen molar-refractivity contribution < 1.29 is 9.53 Å². The minimum atomic E-state index is -0.0834. The molecule has 0 saturated heterocycles. The first kappa shape index (κ1) is 19.8. The number of benzene rings is 3. The van der Waals surface area contributed by atoms with Gasteiger partial charge in [0.05, 0.1) is 27.9 Å². The first-order valence-electron chi connectivity index (χ1n) is 9.88. The number of fused-ring (bicyclic) bond motifs is 2. The number of hydrogen-bond acceptors (Lipinski definition) is 4. The molecule has 0 amide bonds. The SMILES string of the molecule is COc1ccc2c(c1)c(Cc1nc3ccccc3s1)c(C)n2C(=O)c1ccc(Cl)cc1. The molecule has 5 rings (SSSR count). The summed E-state index contributed by atoms with van der Waals surface area (Å²) in [5.74, 6) is 0.675. The predicted molar refractivity (Wildman–Crippen MR) is 127 cm³/mol. The quantitative estimate of drug-likeness (QED) is 0.316. The second-order valence-electron chi connectivity index (χ2n) is 7.35. The Morgan fingerprint density at radius 2 is 1.87 bits per heavy atom. The summed E-state index contributed by atoms with van der Waals surface area (Å²) in [4.78, 5) is 18.2. The highest BCUT2D eigenvalue weighted by Crippen LogP contribution is 2.33. The van der Waals surface area contributed by atoms with Crippen molar-refractivity contribution in [2.24, 2.45) is 0 Å². The van der Waals surface area contributed by atoms with Gasteiger partial charge in [-0.2, -0.15) is 0 Å². The van der Waals surface area contributed by atoms with Crippen LogP contribution in [0.1, 0.15) is 26.6 Å². The zero-order valence-corrected chi connectivity index (χ0v) is 18.6. The van der Waals surface area contributed by atoms with Crippen LogP contribution in [0.15, 0.2) is 66.7 Å². The molecule has 6 heteroatoms. The predicted octanol–water partition coefficient (Wildman–Crippen LogP) is 6.50. The second-order valence-corrected chi connectivity index (χ2v) is 8.90. The zero-order chi connectivity index (χ0) is 21.5. The van der Waals surface area contributed by atoms with Crippen molar-refractivity contribution in [2.45, 2.75) is 13.3 Å². The molecular weight excluding hydrogens is 428 g/mol. The molecule has 31 heavy (non-hydrogen) atoms. The van der Waals surface area contributed by atoms with E-state index in [-0.39, 0.29) is 5.91 Å². The Balaban J connectivity index is 1.67. The fraction of sp³-hybridized carbons (Fsp3) is 0.120. The van der Waals surface area contributed by atoms with Gasteiger partial charge in [0.2, 0.25) is 0 Å². The number of para-hydroxylation sites is 1. The molecule has 0 N–H and O–H groups in total. The summed E-state index contributed by atoms with van der Waals surface area (Å²) in [7, 11) is 1.65. The van der Waals surface area contributed by atoms with Crippen molar-refractivity contribution in [2.75, 3.05) is 7.11 Å². The molecule has 3 aromatic carbocycles. The van der Waals surface area contributed by atoms with E-state index in [4.69, 9.17) is 21.3 Å². The summed E-state index contributed by atoms with van der Waals surface area (Å²) in [5.41, 5.74) is 4.43.